The molecule has 0 spiro atoms. The molecule has 1 aromatic heterocycles. The Morgan fingerprint density at radius 1 is 1.50 bits per heavy atom. The van der Waals surface area contributed by atoms with E-state index in [2.05, 4.69) is 42.5 Å². The number of aromatic amines is 1. The van der Waals surface area contributed by atoms with Gasteiger partial charge in [0.2, 0.25) is 0 Å². The van der Waals surface area contributed by atoms with E-state index in [0.29, 0.717) is 0 Å². The van der Waals surface area contributed by atoms with Gasteiger partial charge in [0.15, 0.2) is 8.32 Å². The Balaban J connectivity index is 2.30. The lowest BCUT2D eigenvalue weighted by Crippen LogP contribution is -2.25. The van der Waals surface area contributed by atoms with Gasteiger partial charge in [-0.3, -0.25) is 5.10 Å². The van der Waals surface area contributed by atoms with Crippen LogP contribution in [0.2, 0.25) is 19.6 Å². The first-order chi connectivity index (χ1) is 7.38. The van der Waals surface area contributed by atoms with Gasteiger partial charge in [-0.25, -0.2) is 0 Å². The van der Waals surface area contributed by atoms with Crippen molar-refractivity contribution in [3.8, 4) is 0 Å². The number of rotatable bonds is 6. The quantitative estimate of drug-likeness (QED) is 0.610. The van der Waals surface area contributed by atoms with Crippen molar-refractivity contribution in [2.24, 2.45) is 0 Å². The maximum absolute atomic E-state index is 5.79. The van der Waals surface area contributed by atoms with Crippen LogP contribution in [-0.2, 0) is 10.8 Å². The van der Waals surface area contributed by atoms with E-state index < -0.39 is 8.32 Å². The molecule has 0 aromatic carbocycles. The normalized spacial score (nSPS) is 11.8. The first-order valence-electron chi connectivity index (χ1n) is 5.72. The van der Waals surface area contributed by atoms with Gasteiger partial charge in [0.1, 0.15) is 0 Å². The lowest BCUT2D eigenvalue weighted by molar-refractivity contribution is 0.304. The zero-order valence-corrected chi connectivity index (χ0v) is 11.8. The summed E-state index contributed by atoms with van der Waals surface area (Å²) < 4.78 is 5.79. The van der Waals surface area contributed by atoms with Crippen LogP contribution >= 0.6 is 0 Å². The van der Waals surface area contributed by atoms with Gasteiger partial charge in [0, 0.05) is 12.3 Å². The predicted octanol–water partition coefficient (Wildman–Crippen LogP) is 3.23. The first kappa shape index (κ1) is 13.2. The third kappa shape index (κ3) is 4.77. The Kier molecular flexibility index (Phi) is 4.50. The molecule has 0 aliphatic heterocycles. The Labute approximate surface area is 99.0 Å². The Morgan fingerprint density at radius 3 is 2.69 bits per heavy atom. The zero-order chi connectivity index (χ0) is 12.2. The summed E-state index contributed by atoms with van der Waals surface area (Å²) in [6.45, 7) is 13.3. The molecule has 1 N–H and O–H groups in total. The van der Waals surface area contributed by atoms with Gasteiger partial charge in [0.25, 0.3) is 0 Å². The highest BCUT2D eigenvalue weighted by molar-refractivity contribution is 6.69. The number of nitrogens with one attached hydrogen (secondary N) is 1. The van der Waals surface area contributed by atoms with Crippen molar-refractivity contribution >= 4 is 13.9 Å². The fraction of sp³-hybridized carbons (Fsp3) is 0.583. The third-order valence-corrected chi connectivity index (χ3v) is 3.26. The molecular formula is C12H22N2OSi. The second kappa shape index (κ2) is 5.45. The summed E-state index contributed by atoms with van der Waals surface area (Å²) in [5.74, 6) is 0. The lowest BCUT2D eigenvalue weighted by Gasteiger charge is -2.16. The molecule has 0 aliphatic rings. The average Bonchev–Trinajstić information content (AvgIpc) is 2.59. The molecule has 1 rings (SSSR count). The Morgan fingerprint density at radius 2 is 2.19 bits per heavy atom. The number of hydrogen-bond donors (Lipinski definition) is 1. The van der Waals surface area contributed by atoms with Crippen LogP contribution in [0, 0.1) is 0 Å². The van der Waals surface area contributed by atoms with Crippen molar-refractivity contribution in [1.82, 2.24) is 10.2 Å². The monoisotopic (exact) mass is 238 g/mol. The molecular weight excluding hydrogens is 216 g/mol. The second-order valence-corrected chi connectivity index (χ2v) is 9.64. The van der Waals surface area contributed by atoms with Crippen molar-refractivity contribution in [2.45, 2.75) is 39.4 Å². The molecule has 0 saturated carbocycles. The molecule has 1 aromatic rings. The van der Waals surface area contributed by atoms with E-state index in [0.717, 1.165) is 36.4 Å². The fourth-order valence-electron chi connectivity index (χ4n) is 1.35. The van der Waals surface area contributed by atoms with Crippen molar-refractivity contribution in [3.63, 3.8) is 0 Å². The summed E-state index contributed by atoms with van der Waals surface area (Å²) in [6.07, 6.45) is 2.03. The average molecular weight is 238 g/mol. The molecule has 90 valence electrons. The summed E-state index contributed by atoms with van der Waals surface area (Å²) in [5, 5.41) is 7.22. The number of hydrogen-bond acceptors (Lipinski definition) is 2. The van der Waals surface area contributed by atoms with E-state index in [9.17, 15) is 0 Å². The zero-order valence-electron chi connectivity index (χ0n) is 10.8. The van der Waals surface area contributed by atoms with E-state index >= 15 is 0 Å². The number of aromatic nitrogens is 2. The Hall–Kier alpha value is -0.873. The van der Waals surface area contributed by atoms with Gasteiger partial charge in [-0.05, 0) is 51.0 Å². The standard InChI is InChI=1S/C12H22N2OSi/c1-10(2)12-9-11(13-14-12)7-6-8-15-16(3,4)5/h9H,1,6-8H2,2-5H3,(H,13,14). The fourth-order valence-corrected chi connectivity index (χ4v) is 2.11. The maximum atomic E-state index is 5.79. The van der Waals surface area contributed by atoms with Crippen LogP contribution in [0.5, 0.6) is 0 Å². The minimum atomic E-state index is -1.35. The summed E-state index contributed by atoms with van der Waals surface area (Å²) >= 11 is 0. The van der Waals surface area contributed by atoms with Gasteiger partial charge in [-0.2, -0.15) is 5.10 Å². The van der Waals surface area contributed by atoms with Crippen LogP contribution in [0.1, 0.15) is 24.7 Å². The molecule has 0 radical (unpaired) electrons. The van der Waals surface area contributed by atoms with E-state index in [1.807, 2.05) is 6.92 Å². The van der Waals surface area contributed by atoms with Gasteiger partial charge in [-0.1, -0.05) is 6.58 Å². The summed E-state index contributed by atoms with van der Waals surface area (Å²) in [4.78, 5) is 0. The number of H-pyrrole nitrogens is 1. The second-order valence-electron chi connectivity index (χ2n) is 5.12. The van der Waals surface area contributed by atoms with Crippen LogP contribution in [-0.4, -0.2) is 25.1 Å². The SMILES string of the molecule is C=C(C)c1cc(CCCO[Si](C)(C)C)[nH]n1. The Bertz CT molecular complexity index is 352. The highest BCUT2D eigenvalue weighted by Crippen LogP contribution is 2.11. The van der Waals surface area contributed by atoms with Gasteiger partial charge < -0.3 is 4.43 Å². The molecule has 0 bridgehead atoms. The van der Waals surface area contributed by atoms with Crippen molar-refractivity contribution < 1.29 is 4.43 Å². The van der Waals surface area contributed by atoms with Crippen LogP contribution in [0.25, 0.3) is 5.57 Å². The lowest BCUT2D eigenvalue weighted by atomic mass is 10.2. The smallest absolute Gasteiger partial charge is 0.183 e. The minimum absolute atomic E-state index is 0.844. The van der Waals surface area contributed by atoms with Crippen molar-refractivity contribution in [1.29, 1.82) is 0 Å². The highest BCUT2D eigenvalue weighted by atomic mass is 28.4. The highest BCUT2D eigenvalue weighted by Gasteiger charge is 2.13. The van der Waals surface area contributed by atoms with E-state index in [1.165, 1.54) is 0 Å². The minimum Gasteiger partial charge on any atom is -0.418 e. The molecule has 4 heteroatoms. The molecule has 3 nitrogen and oxygen atoms in total. The summed E-state index contributed by atoms with van der Waals surface area (Å²) in [6, 6.07) is 2.07. The molecule has 16 heavy (non-hydrogen) atoms. The molecule has 0 aliphatic carbocycles. The van der Waals surface area contributed by atoms with Crippen molar-refractivity contribution in [3.05, 3.63) is 24.0 Å². The topological polar surface area (TPSA) is 37.9 Å². The number of allylic oxidation sites excluding steroid dienone is 1. The maximum Gasteiger partial charge on any atom is 0.183 e. The molecule has 0 saturated heterocycles. The van der Waals surface area contributed by atoms with Crippen LogP contribution in [0.15, 0.2) is 12.6 Å². The summed E-state index contributed by atoms with van der Waals surface area (Å²) in [5.41, 5.74) is 3.12. The predicted molar refractivity (Wildman–Crippen MR) is 70.9 cm³/mol. The van der Waals surface area contributed by atoms with Gasteiger partial charge in [0.05, 0.1) is 5.69 Å². The van der Waals surface area contributed by atoms with E-state index in [1.54, 1.807) is 0 Å². The van der Waals surface area contributed by atoms with Gasteiger partial charge in [-0.15, -0.1) is 0 Å². The molecule has 0 unspecified atom stereocenters. The van der Waals surface area contributed by atoms with E-state index in [4.69, 9.17) is 4.43 Å². The number of nitrogens with zero attached hydrogens (tertiary/aromatic N) is 1. The first-order valence-corrected chi connectivity index (χ1v) is 9.13. The van der Waals surface area contributed by atoms with Crippen LogP contribution in [0.3, 0.4) is 0 Å². The van der Waals surface area contributed by atoms with Gasteiger partial charge >= 0.3 is 0 Å². The van der Waals surface area contributed by atoms with Crippen LogP contribution < -0.4 is 0 Å². The molecule has 0 atom stereocenters. The molecule has 1 heterocycles. The molecule has 0 fully saturated rings. The van der Waals surface area contributed by atoms with Crippen molar-refractivity contribution in [2.75, 3.05) is 6.61 Å². The van der Waals surface area contributed by atoms with E-state index in [-0.39, 0.29) is 0 Å². The number of aryl methyl sites for hydroxylation is 1. The van der Waals surface area contributed by atoms with Crippen LogP contribution in [0.4, 0.5) is 0 Å². The third-order valence-electron chi connectivity index (χ3n) is 2.19. The largest absolute Gasteiger partial charge is 0.418 e. The summed E-state index contributed by atoms with van der Waals surface area (Å²) in [7, 11) is -1.35. The molecule has 0 amide bonds.